The Kier molecular flexibility index (Phi) is 6.75. The van der Waals surface area contributed by atoms with Crippen LogP contribution in [0.1, 0.15) is 17.7 Å². The molecule has 1 aromatic carbocycles. The summed E-state index contributed by atoms with van der Waals surface area (Å²) in [6.07, 6.45) is 1.21. The fourth-order valence-electron chi connectivity index (χ4n) is 2.53. The lowest BCUT2D eigenvalue weighted by atomic mass is 10.1. The van der Waals surface area contributed by atoms with Gasteiger partial charge in [-0.1, -0.05) is 41.7 Å². The van der Waals surface area contributed by atoms with E-state index in [1.54, 1.807) is 4.57 Å². The van der Waals surface area contributed by atoms with Crippen LogP contribution >= 0.6 is 11.3 Å². The van der Waals surface area contributed by atoms with Gasteiger partial charge in [-0.2, -0.15) is 0 Å². The Morgan fingerprint density at radius 1 is 1.29 bits per heavy atom. The third-order valence-corrected chi connectivity index (χ3v) is 5.00. The van der Waals surface area contributed by atoms with Gasteiger partial charge in [0.25, 0.3) is 0 Å². The molecule has 2 rings (SSSR count). The first kappa shape index (κ1) is 18.4. The molecular formula is C18H25N3O2S. The van der Waals surface area contributed by atoms with E-state index in [1.165, 1.54) is 16.9 Å². The zero-order valence-electron chi connectivity index (χ0n) is 14.5. The highest BCUT2D eigenvalue weighted by atomic mass is 32.1. The lowest BCUT2D eigenvalue weighted by Crippen LogP contribution is -2.41. The molecule has 5 nitrogen and oxygen atoms in total. The third-order valence-electron chi connectivity index (χ3n) is 4.12. The van der Waals surface area contributed by atoms with Crippen LogP contribution in [0.5, 0.6) is 0 Å². The van der Waals surface area contributed by atoms with Crippen LogP contribution < -0.4 is 10.2 Å². The SMILES string of the molecule is Cc1csc(=O)n1CCC(=O)NCC(Cc1ccccc1)N(C)C. The molecular weight excluding hydrogens is 322 g/mol. The second-order valence-corrected chi connectivity index (χ2v) is 6.98. The summed E-state index contributed by atoms with van der Waals surface area (Å²) in [5.74, 6) is -0.0209. The van der Waals surface area contributed by atoms with Gasteiger partial charge in [-0.25, -0.2) is 0 Å². The van der Waals surface area contributed by atoms with Crippen molar-refractivity contribution >= 4 is 17.2 Å². The first-order valence-electron chi connectivity index (χ1n) is 8.09. The van der Waals surface area contributed by atoms with Crippen LogP contribution in [0.25, 0.3) is 0 Å². The van der Waals surface area contributed by atoms with Gasteiger partial charge >= 0.3 is 4.87 Å². The predicted octanol–water partition coefficient (Wildman–Crippen LogP) is 1.90. The minimum absolute atomic E-state index is 0.00412. The van der Waals surface area contributed by atoms with Crippen LogP contribution in [-0.4, -0.2) is 42.1 Å². The number of carbonyl (C=O) groups is 1. The van der Waals surface area contributed by atoms with E-state index in [1.807, 2.05) is 44.6 Å². The van der Waals surface area contributed by atoms with Crippen molar-refractivity contribution in [2.24, 2.45) is 0 Å². The molecule has 6 heteroatoms. The molecule has 1 aromatic heterocycles. The Balaban J connectivity index is 1.83. The maximum Gasteiger partial charge on any atom is 0.307 e. The molecule has 0 bridgehead atoms. The average molecular weight is 347 g/mol. The molecule has 0 aliphatic heterocycles. The van der Waals surface area contributed by atoms with Crippen molar-refractivity contribution in [3.05, 3.63) is 56.6 Å². The summed E-state index contributed by atoms with van der Waals surface area (Å²) in [5, 5.41) is 4.81. The molecule has 1 unspecified atom stereocenters. The van der Waals surface area contributed by atoms with E-state index in [0.717, 1.165) is 12.1 Å². The fourth-order valence-corrected chi connectivity index (χ4v) is 3.29. The Morgan fingerprint density at radius 3 is 2.58 bits per heavy atom. The Morgan fingerprint density at radius 2 is 2.00 bits per heavy atom. The molecule has 0 saturated carbocycles. The summed E-state index contributed by atoms with van der Waals surface area (Å²) in [6, 6.07) is 10.5. The van der Waals surface area contributed by atoms with Crippen molar-refractivity contribution in [2.75, 3.05) is 20.6 Å². The zero-order valence-corrected chi connectivity index (χ0v) is 15.3. The van der Waals surface area contributed by atoms with E-state index in [-0.39, 0.29) is 16.8 Å². The molecule has 130 valence electrons. The second-order valence-electron chi connectivity index (χ2n) is 6.16. The average Bonchev–Trinajstić information content (AvgIpc) is 2.88. The topological polar surface area (TPSA) is 54.3 Å². The third kappa shape index (κ3) is 5.32. The van der Waals surface area contributed by atoms with Gasteiger partial charge in [0, 0.05) is 36.6 Å². The first-order chi connectivity index (χ1) is 11.5. The minimum Gasteiger partial charge on any atom is -0.354 e. The van der Waals surface area contributed by atoms with Gasteiger partial charge < -0.3 is 14.8 Å². The van der Waals surface area contributed by atoms with Crippen LogP contribution in [0.15, 0.2) is 40.5 Å². The van der Waals surface area contributed by atoms with E-state index in [0.29, 0.717) is 19.5 Å². The minimum atomic E-state index is -0.0209. The lowest BCUT2D eigenvalue weighted by Gasteiger charge is -2.24. The van der Waals surface area contributed by atoms with Crippen molar-refractivity contribution in [1.82, 2.24) is 14.8 Å². The highest BCUT2D eigenvalue weighted by Gasteiger charge is 2.14. The van der Waals surface area contributed by atoms with Crippen molar-refractivity contribution in [3.8, 4) is 0 Å². The number of carbonyl (C=O) groups excluding carboxylic acids is 1. The smallest absolute Gasteiger partial charge is 0.307 e. The van der Waals surface area contributed by atoms with Crippen molar-refractivity contribution < 1.29 is 4.79 Å². The van der Waals surface area contributed by atoms with Gasteiger partial charge in [-0.05, 0) is 33.0 Å². The highest BCUT2D eigenvalue weighted by Crippen LogP contribution is 2.06. The van der Waals surface area contributed by atoms with Crippen LogP contribution in [-0.2, 0) is 17.8 Å². The standard InChI is InChI=1S/C18H25N3O2S/c1-14-13-24-18(23)21(14)10-9-17(22)19-12-16(20(2)3)11-15-7-5-4-6-8-15/h4-8,13,16H,9-12H2,1-3H3,(H,19,22). The van der Waals surface area contributed by atoms with Gasteiger partial charge in [0.15, 0.2) is 0 Å². The van der Waals surface area contributed by atoms with Gasteiger partial charge in [-0.3, -0.25) is 9.59 Å². The second kappa shape index (κ2) is 8.80. The summed E-state index contributed by atoms with van der Waals surface area (Å²) in [4.78, 5) is 25.9. The Labute approximate surface area is 146 Å². The molecule has 0 aliphatic carbocycles. The summed E-state index contributed by atoms with van der Waals surface area (Å²) < 4.78 is 1.65. The number of rotatable bonds is 8. The lowest BCUT2D eigenvalue weighted by molar-refractivity contribution is -0.121. The molecule has 0 aliphatic rings. The Bertz CT molecular complexity index is 707. The fraction of sp³-hybridized carbons (Fsp3) is 0.444. The molecule has 1 atom stereocenters. The molecule has 0 radical (unpaired) electrons. The van der Waals surface area contributed by atoms with E-state index < -0.39 is 0 Å². The number of nitrogens with zero attached hydrogens (tertiary/aromatic N) is 2. The van der Waals surface area contributed by atoms with Gasteiger partial charge in [0.1, 0.15) is 0 Å². The Hall–Kier alpha value is -1.92. The monoisotopic (exact) mass is 347 g/mol. The summed E-state index contributed by atoms with van der Waals surface area (Å²) >= 11 is 1.18. The van der Waals surface area contributed by atoms with Crippen LogP contribution in [0.3, 0.4) is 0 Å². The first-order valence-corrected chi connectivity index (χ1v) is 8.97. The number of nitrogens with one attached hydrogen (secondary N) is 1. The van der Waals surface area contributed by atoms with E-state index in [9.17, 15) is 9.59 Å². The highest BCUT2D eigenvalue weighted by molar-refractivity contribution is 7.07. The molecule has 1 heterocycles. The molecule has 24 heavy (non-hydrogen) atoms. The molecule has 2 aromatic rings. The number of hydrogen-bond donors (Lipinski definition) is 1. The summed E-state index contributed by atoms with van der Waals surface area (Å²) in [6.45, 7) is 2.92. The molecule has 0 saturated heterocycles. The normalized spacial score (nSPS) is 12.3. The van der Waals surface area contributed by atoms with Crippen LogP contribution in [0.4, 0.5) is 0 Å². The number of amides is 1. The summed E-state index contributed by atoms with van der Waals surface area (Å²) in [5.41, 5.74) is 2.17. The van der Waals surface area contributed by atoms with Crippen LogP contribution in [0, 0.1) is 6.92 Å². The van der Waals surface area contributed by atoms with Crippen molar-refractivity contribution in [3.63, 3.8) is 0 Å². The number of likely N-dealkylation sites (N-methyl/N-ethyl adjacent to an activating group) is 1. The summed E-state index contributed by atoms with van der Waals surface area (Å²) in [7, 11) is 4.04. The van der Waals surface area contributed by atoms with Crippen molar-refractivity contribution in [2.45, 2.75) is 32.4 Å². The van der Waals surface area contributed by atoms with Gasteiger partial charge in [0.05, 0.1) is 0 Å². The number of benzene rings is 1. The number of aryl methyl sites for hydroxylation is 1. The maximum absolute atomic E-state index is 12.1. The largest absolute Gasteiger partial charge is 0.354 e. The zero-order chi connectivity index (χ0) is 17.5. The van der Waals surface area contributed by atoms with Crippen molar-refractivity contribution in [1.29, 1.82) is 0 Å². The maximum atomic E-state index is 12.1. The van der Waals surface area contributed by atoms with E-state index >= 15 is 0 Å². The van der Waals surface area contributed by atoms with E-state index in [2.05, 4.69) is 22.3 Å². The van der Waals surface area contributed by atoms with Gasteiger partial charge in [-0.15, -0.1) is 0 Å². The molecule has 1 amide bonds. The predicted molar refractivity (Wildman–Crippen MR) is 98.6 cm³/mol. The number of thiazole rings is 1. The molecule has 1 N–H and O–H groups in total. The quantitative estimate of drug-likeness (QED) is 0.793. The molecule has 0 fully saturated rings. The number of aromatic nitrogens is 1. The van der Waals surface area contributed by atoms with Crippen LogP contribution in [0.2, 0.25) is 0 Å². The molecule has 0 spiro atoms. The number of hydrogen-bond acceptors (Lipinski definition) is 4. The van der Waals surface area contributed by atoms with E-state index in [4.69, 9.17) is 0 Å². The van der Waals surface area contributed by atoms with Gasteiger partial charge in [0.2, 0.25) is 5.91 Å².